The molecule has 3 aromatic rings. The minimum Gasteiger partial charge on any atom is -0.396 e. The predicted molar refractivity (Wildman–Crippen MR) is 112 cm³/mol. The molecule has 1 atom stereocenters. The molecule has 1 N–H and O–H groups in total. The van der Waals surface area contributed by atoms with Gasteiger partial charge in [0.05, 0.1) is 11.9 Å². The molecule has 1 saturated heterocycles. The molecule has 4 rings (SSSR count). The summed E-state index contributed by atoms with van der Waals surface area (Å²) in [6, 6.07) is 16.9. The lowest BCUT2D eigenvalue weighted by molar-refractivity contribution is 0.0224. The fourth-order valence-corrected chi connectivity index (χ4v) is 4.35. The lowest BCUT2D eigenvalue weighted by Crippen LogP contribution is -2.45. The third-order valence-electron chi connectivity index (χ3n) is 6.00. The molecular weight excluding hydrogens is 365 g/mol. The van der Waals surface area contributed by atoms with E-state index in [2.05, 4.69) is 34.3 Å². The van der Waals surface area contributed by atoms with E-state index >= 15 is 0 Å². The Hall–Kier alpha value is -2.50. The van der Waals surface area contributed by atoms with E-state index in [4.69, 9.17) is 0 Å². The van der Waals surface area contributed by atoms with Gasteiger partial charge in [-0.3, -0.25) is 4.90 Å². The second-order valence-corrected chi connectivity index (χ2v) is 8.23. The normalized spacial score (nSPS) is 20.1. The molecule has 0 spiro atoms. The van der Waals surface area contributed by atoms with Crippen LogP contribution in [0, 0.1) is 11.2 Å². The number of nitrogens with zero attached hydrogens (tertiary/aromatic N) is 3. The van der Waals surface area contributed by atoms with E-state index in [-0.39, 0.29) is 17.8 Å². The summed E-state index contributed by atoms with van der Waals surface area (Å²) in [5.74, 6) is -0.245. The number of hydrogen-bond acceptors (Lipinski definition) is 3. The molecule has 152 valence electrons. The Morgan fingerprint density at radius 1 is 1.03 bits per heavy atom. The van der Waals surface area contributed by atoms with Gasteiger partial charge < -0.3 is 5.11 Å². The Balaban J connectivity index is 1.39. The summed E-state index contributed by atoms with van der Waals surface area (Å²) in [6.07, 6.45) is 8.05. The van der Waals surface area contributed by atoms with Crippen molar-refractivity contribution in [2.45, 2.75) is 32.2 Å². The minimum absolute atomic E-state index is 0.0406. The van der Waals surface area contributed by atoms with Crippen molar-refractivity contribution in [2.24, 2.45) is 5.41 Å². The van der Waals surface area contributed by atoms with Crippen molar-refractivity contribution in [3.8, 4) is 5.69 Å². The zero-order chi connectivity index (χ0) is 20.1. The van der Waals surface area contributed by atoms with Gasteiger partial charge in [0.15, 0.2) is 0 Å². The van der Waals surface area contributed by atoms with Gasteiger partial charge in [-0.2, -0.15) is 5.10 Å². The first kappa shape index (κ1) is 19.8. The molecule has 1 fully saturated rings. The number of aromatic nitrogens is 2. The van der Waals surface area contributed by atoms with Crippen LogP contribution >= 0.6 is 0 Å². The van der Waals surface area contributed by atoms with Crippen molar-refractivity contribution in [1.82, 2.24) is 14.7 Å². The van der Waals surface area contributed by atoms with Gasteiger partial charge in [-0.25, -0.2) is 9.07 Å². The van der Waals surface area contributed by atoms with Gasteiger partial charge in [-0.05, 0) is 62.1 Å². The Bertz CT molecular complexity index is 909. The van der Waals surface area contributed by atoms with Gasteiger partial charge in [-0.1, -0.05) is 30.3 Å². The maximum atomic E-state index is 13.1. The molecule has 0 unspecified atom stereocenters. The highest BCUT2D eigenvalue weighted by Gasteiger charge is 2.34. The predicted octanol–water partition coefficient (Wildman–Crippen LogP) is 4.22. The summed E-state index contributed by atoms with van der Waals surface area (Å²) in [4.78, 5) is 2.43. The summed E-state index contributed by atoms with van der Waals surface area (Å²) in [5, 5.41) is 14.6. The highest BCUT2D eigenvalue weighted by Crippen LogP contribution is 2.35. The van der Waals surface area contributed by atoms with Crippen LogP contribution < -0.4 is 0 Å². The van der Waals surface area contributed by atoms with Crippen LogP contribution in [0.5, 0.6) is 0 Å². The van der Waals surface area contributed by atoms with Gasteiger partial charge in [0.2, 0.25) is 0 Å². The molecule has 5 heteroatoms. The smallest absolute Gasteiger partial charge is 0.123 e. The van der Waals surface area contributed by atoms with Crippen LogP contribution in [0.3, 0.4) is 0 Å². The fraction of sp³-hybridized carbons (Fsp3) is 0.375. The van der Waals surface area contributed by atoms with Gasteiger partial charge in [0.1, 0.15) is 5.82 Å². The third-order valence-corrected chi connectivity index (χ3v) is 6.00. The number of aliphatic hydroxyl groups excluding tert-OH is 1. The van der Waals surface area contributed by atoms with Gasteiger partial charge in [0, 0.05) is 36.9 Å². The molecule has 1 aromatic heterocycles. The molecule has 4 nitrogen and oxygen atoms in total. The summed E-state index contributed by atoms with van der Waals surface area (Å²) < 4.78 is 14.9. The SMILES string of the molecule is OC[C@]1(CCc2ccccc2)CCCN(Cc2cnn(-c3ccc(F)cc3)c2)C1. The largest absolute Gasteiger partial charge is 0.396 e. The lowest BCUT2D eigenvalue weighted by atomic mass is 9.76. The average Bonchev–Trinajstić information content (AvgIpc) is 3.22. The minimum atomic E-state index is -0.245. The molecule has 2 aromatic carbocycles. The van der Waals surface area contributed by atoms with Crippen LogP contribution in [0.1, 0.15) is 30.4 Å². The van der Waals surface area contributed by atoms with E-state index in [1.807, 2.05) is 18.5 Å². The van der Waals surface area contributed by atoms with Crippen molar-refractivity contribution in [3.63, 3.8) is 0 Å². The Morgan fingerprint density at radius 3 is 2.59 bits per heavy atom. The van der Waals surface area contributed by atoms with Crippen LogP contribution in [0.15, 0.2) is 67.0 Å². The molecule has 29 heavy (non-hydrogen) atoms. The maximum absolute atomic E-state index is 13.1. The zero-order valence-electron chi connectivity index (χ0n) is 16.7. The van der Waals surface area contributed by atoms with Crippen molar-refractivity contribution in [1.29, 1.82) is 0 Å². The van der Waals surface area contributed by atoms with Crippen LogP contribution in [0.2, 0.25) is 0 Å². The van der Waals surface area contributed by atoms with Crippen LogP contribution in [0.25, 0.3) is 5.69 Å². The highest BCUT2D eigenvalue weighted by molar-refractivity contribution is 5.31. The first-order chi connectivity index (χ1) is 14.2. The van der Waals surface area contributed by atoms with Crippen molar-refractivity contribution in [2.75, 3.05) is 19.7 Å². The van der Waals surface area contributed by atoms with Gasteiger partial charge in [0.25, 0.3) is 0 Å². The number of aryl methyl sites for hydroxylation is 1. The number of likely N-dealkylation sites (tertiary alicyclic amines) is 1. The fourth-order valence-electron chi connectivity index (χ4n) is 4.35. The molecule has 0 bridgehead atoms. The first-order valence-electron chi connectivity index (χ1n) is 10.3. The monoisotopic (exact) mass is 393 g/mol. The molecule has 1 aliphatic rings. The standard InChI is InChI=1S/C24H28FN3O/c25-22-7-9-23(10-8-22)28-17-21(15-26-28)16-27-14-4-12-24(18-27,19-29)13-11-20-5-2-1-3-6-20/h1-3,5-10,15,17,29H,4,11-14,16,18-19H2/t24-/m0/s1. The van der Waals surface area contributed by atoms with E-state index in [9.17, 15) is 9.50 Å². The maximum Gasteiger partial charge on any atom is 0.123 e. The number of aliphatic hydroxyl groups is 1. The van der Waals surface area contributed by atoms with Crippen molar-refractivity contribution < 1.29 is 9.50 Å². The summed E-state index contributed by atoms with van der Waals surface area (Å²) in [5.41, 5.74) is 3.27. The molecule has 0 saturated carbocycles. The molecule has 0 aliphatic carbocycles. The number of halogens is 1. The van der Waals surface area contributed by atoms with Crippen molar-refractivity contribution in [3.05, 3.63) is 83.9 Å². The van der Waals surface area contributed by atoms with Crippen molar-refractivity contribution >= 4 is 0 Å². The topological polar surface area (TPSA) is 41.3 Å². The second-order valence-electron chi connectivity index (χ2n) is 8.23. The first-order valence-corrected chi connectivity index (χ1v) is 10.3. The second kappa shape index (κ2) is 8.89. The third kappa shape index (κ3) is 4.92. The summed E-state index contributed by atoms with van der Waals surface area (Å²) in [6.45, 7) is 2.98. The van der Waals surface area contributed by atoms with E-state index in [1.54, 1.807) is 16.8 Å². The van der Waals surface area contributed by atoms with E-state index in [0.29, 0.717) is 0 Å². The number of rotatable bonds is 7. The van der Waals surface area contributed by atoms with E-state index in [0.717, 1.165) is 56.6 Å². The van der Waals surface area contributed by atoms with Crippen LogP contribution in [-0.4, -0.2) is 39.5 Å². The molecule has 0 amide bonds. The lowest BCUT2D eigenvalue weighted by Gasteiger charge is -2.42. The van der Waals surface area contributed by atoms with Crippen LogP contribution in [-0.2, 0) is 13.0 Å². The Morgan fingerprint density at radius 2 is 1.83 bits per heavy atom. The Kier molecular flexibility index (Phi) is 6.07. The van der Waals surface area contributed by atoms with Gasteiger partial charge in [-0.15, -0.1) is 0 Å². The van der Waals surface area contributed by atoms with E-state index in [1.165, 1.54) is 17.7 Å². The highest BCUT2D eigenvalue weighted by atomic mass is 19.1. The number of hydrogen-bond donors (Lipinski definition) is 1. The number of benzene rings is 2. The Labute approximate surface area is 171 Å². The summed E-state index contributed by atoms with van der Waals surface area (Å²) in [7, 11) is 0. The molecule has 1 aliphatic heterocycles. The molecule has 0 radical (unpaired) electrons. The zero-order valence-corrected chi connectivity index (χ0v) is 16.7. The number of piperidine rings is 1. The van der Waals surface area contributed by atoms with Gasteiger partial charge >= 0.3 is 0 Å². The molecular formula is C24H28FN3O. The van der Waals surface area contributed by atoms with E-state index < -0.39 is 0 Å². The van der Waals surface area contributed by atoms with Crippen LogP contribution in [0.4, 0.5) is 4.39 Å². The molecule has 2 heterocycles. The average molecular weight is 394 g/mol. The summed E-state index contributed by atoms with van der Waals surface area (Å²) >= 11 is 0. The quantitative estimate of drug-likeness (QED) is 0.653.